The van der Waals surface area contributed by atoms with E-state index < -0.39 is 32.4 Å². The molecule has 106 valence electrons. The van der Waals surface area contributed by atoms with E-state index in [1.807, 2.05) is 0 Å². The van der Waals surface area contributed by atoms with E-state index in [1.54, 1.807) is 24.3 Å². The SMILES string of the molecule is CCS(=O)(=O)[C@@H]1[C@H](c2cccc(Cl)c2)[C@@]1(C#N)C(=O)O. The molecule has 0 heterocycles. The maximum atomic E-state index is 12.1. The van der Waals surface area contributed by atoms with Crippen LogP contribution < -0.4 is 0 Å². The van der Waals surface area contributed by atoms with E-state index >= 15 is 0 Å². The van der Waals surface area contributed by atoms with Gasteiger partial charge < -0.3 is 5.11 Å². The van der Waals surface area contributed by atoms with E-state index in [2.05, 4.69) is 0 Å². The predicted molar refractivity (Wildman–Crippen MR) is 73.1 cm³/mol. The molecule has 0 unspecified atom stereocenters. The third kappa shape index (κ3) is 1.98. The minimum Gasteiger partial charge on any atom is -0.480 e. The van der Waals surface area contributed by atoms with Gasteiger partial charge in [-0.1, -0.05) is 30.7 Å². The molecule has 1 aliphatic carbocycles. The van der Waals surface area contributed by atoms with Crippen LogP contribution >= 0.6 is 11.6 Å². The zero-order chi connectivity index (χ0) is 15.1. The number of nitriles is 1. The Balaban J connectivity index is 2.58. The molecule has 5 nitrogen and oxygen atoms in total. The highest BCUT2D eigenvalue weighted by Gasteiger charge is 2.76. The average molecular weight is 314 g/mol. The molecule has 0 spiro atoms. The van der Waals surface area contributed by atoms with Gasteiger partial charge in [0.05, 0.1) is 6.07 Å². The van der Waals surface area contributed by atoms with Gasteiger partial charge in [-0.05, 0) is 17.7 Å². The number of carboxylic acid groups (broad SMARTS) is 1. The Morgan fingerprint density at radius 2 is 2.20 bits per heavy atom. The van der Waals surface area contributed by atoms with Crippen molar-refractivity contribution in [1.29, 1.82) is 5.26 Å². The average Bonchev–Trinajstić information content (AvgIpc) is 3.10. The fraction of sp³-hybridized carbons (Fsp3) is 0.385. The molecule has 1 N–H and O–H groups in total. The third-order valence-electron chi connectivity index (χ3n) is 3.67. The molecule has 0 aromatic heterocycles. The molecular weight excluding hydrogens is 302 g/mol. The zero-order valence-electron chi connectivity index (χ0n) is 10.6. The molecule has 2 rings (SSSR count). The second-order valence-electron chi connectivity index (χ2n) is 4.69. The summed E-state index contributed by atoms with van der Waals surface area (Å²) in [4.78, 5) is 11.4. The summed E-state index contributed by atoms with van der Waals surface area (Å²) in [7, 11) is -3.65. The van der Waals surface area contributed by atoms with Crippen molar-refractivity contribution in [3.05, 3.63) is 34.9 Å². The number of hydrogen-bond acceptors (Lipinski definition) is 4. The van der Waals surface area contributed by atoms with Crippen LogP contribution in [0, 0.1) is 16.7 Å². The molecule has 1 aromatic rings. The van der Waals surface area contributed by atoms with E-state index in [9.17, 15) is 23.6 Å². The van der Waals surface area contributed by atoms with Crippen molar-refractivity contribution in [2.45, 2.75) is 18.1 Å². The van der Waals surface area contributed by atoms with Crippen LogP contribution in [0.4, 0.5) is 0 Å². The molecule has 0 aliphatic heterocycles. The summed E-state index contributed by atoms with van der Waals surface area (Å²) < 4.78 is 24.1. The smallest absolute Gasteiger partial charge is 0.326 e. The maximum Gasteiger partial charge on any atom is 0.326 e. The lowest BCUT2D eigenvalue weighted by molar-refractivity contribution is -0.141. The van der Waals surface area contributed by atoms with Crippen LogP contribution in [0.5, 0.6) is 0 Å². The fourth-order valence-electron chi connectivity index (χ4n) is 2.60. The van der Waals surface area contributed by atoms with E-state index in [4.69, 9.17) is 11.6 Å². The number of carboxylic acids is 1. The van der Waals surface area contributed by atoms with Crippen molar-refractivity contribution in [2.75, 3.05) is 5.75 Å². The molecule has 1 aromatic carbocycles. The molecule has 0 bridgehead atoms. The first-order valence-electron chi connectivity index (χ1n) is 5.93. The van der Waals surface area contributed by atoms with Gasteiger partial charge in [-0.15, -0.1) is 0 Å². The van der Waals surface area contributed by atoms with Gasteiger partial charge in [0.2, 0.25) is 0 Å². The molecule has 1 aliphatic rings. The van der Waals surface area contributed by atoms with Gasteiger partial charge in [0.1, 0.15) is 5.25 Å². The van der Waals surface area contributed by atoms with Crippen LogP contribution in [0.1, 0.15) is 18.4 Å². The van der Waals surface area contributed by atoms with Crippen LogP contribution in [-0.2, 0) is 14.6 Å². The van der Waals surface area contributed by atoms with Crippen LogP contribution in [0.15, 0.2) is 24.3 Å². The van der Waals surface area contributed by atoms with Crippen molar-refractivity contribution in [2.24, 2.45) is 5.41 Å². The molecule has 0 radical (unpaired) electrons. The van der Waals surface area contributed by atoms with Gasteiger partial charge in [0, 0.05) is 16.7 Å². The summed E-state index contributed by atoms with van der Waals surface area (Å²) in [6.45, 7) is 1.44. The highest BCUT2D eigenvalue weighted by Crippen LogP contribution is 2.63. The Kier molecular flexibility index (Phi) is 3.53. The third-order valence-corrected chi connectivity index (χ3v) is 6.13. The molecular formula is C13H12ClNO4S. The van der Waals surface area contributed by atoms with Gasteiger partial charge >= 0.3 is 5.97 Å². The van der Waals surface area contributed by atoms with E-state index in [-0.39, 0.29) is 5.75 Å². The number of nitrogens with zero attached hydrogens (tertiary/aromatic N) is 1. The number of rotatable bonds is 4. The summed E-state index contributed by atoms with van der Waals surface area (Å²) in [5.41, 5.74) is -1.46. The van der Waals surface area contributed by atoms with Crippen molar-refractivity contribution in [1.82, 2.24) is 0 Å². The van der Waals surface area contributed by atoms with Crippen molar-refractivity contribution in [3.8, 4) is 6.07 Å². The second kappa shape index (κ2) is 4.76. The Hall–Kier alpha value is -1.58. The molecule has 20 heavy (non-hydrogen) atoms. The summed E-state index contributed by atoms with van der Waals surface area (Å²) in [6.07, 6.45) is 0. The summed E-state index contributed by atoms with van der Waals surface area (Å²) >= 11 is 5.85. The molecule has 3 atom stereocenters. The van der Waals surface area contributed by atoms with E-state index in [0.717, 1.165) is 0 Å². The minimum absolute atomic E-state index is 0.203. The van der Waals surface area contributed by atoms with Crippen LogP contribution in [-0.4, -0.2) is 30.5 Å². The van der Waals surface area contributed by atoms with Gasteiger partial charge in [0.15, 0.2) is 15.3 Å². The van der Waals surface area contributed by atoms with Crippen LogP contribution in [0.2, 0.25) is 5.02 Å². The van der Waals surface area contributed by atoms with Crippen LogP contribution in [0.3, 0.4) is 0 Å². The monoisotopic (exact) mass is 313 g/mol. The maximum absolute atomic E-state index is 12.1. The second-order valence-corrected chi connectivity index (χ2v) is 7.54. The highest BCUT2D eigenvalue weighted by atomic mass is 35.5. The summed E-state index contributed by atoms with van der Waals surface area (Å²) in [5.74, 6) is -2.49. The summed E-state index contributed by atoms with van der Waals surface area (Å²) in [6, 6.07) is 8.00. The van der Waals surface area contributed by atoms with E-state index in [0.29, 0.717) is 10.6 Å². The Labute approximate surface area is 121 Å². The van der Waals surface area contributed by atoms with Gasteiger partial charge in [-0.25, -0.2) is 8.42 Å². The number of aliphatic carboxylic acids is 1. The van der Waals surface area contributed by atoms with Gasteiger partial charge in [0.25, 0.3) is 0 Å². The first-order valence-corrected chi connectivity index (χ1v) is 8.02. The first kappa shape index (κ1) is 14.8. The lowest BCUT2D eigenvalue weighted by atomic mass is 10.0. The van der Waals surface area contributed by atoms with Gasteiger partial charge in [-0.3, -0.25) is 4.79 Å². The molecule has 7 heteroatoms. The van der Waals surface area contributed by atoms with Gasteiger partial charge in [-0.2, -0.15) is 5.26 Å². The largest absolute Gasteiger partial charge is 0.480 e. The van der Waals surface area contributed by atoms with E-state index in [1.165, 1.54) is 13.0 Å². The molecule has 1 fully saturated rings. The van der Waals surface area contributed by atoms with Crippen LogP contribution in [0.25, 0.3) is 0 Å². The lowest BCUT2D eigenvalue weighted by Gasteiger charge is -2.02. The zero-order valence-corrected chi connectivity index (χ0v) is 12.1. The predicted octanol–water partition coefficient (Wildman–Crippen LogP) is 1.84. The molecule has 1 saturated carbocycles. The Bertz CT molecular complexity index is 709. The fourth-order valence-corrected chi connectivity index (χ4v) is 4.73. The van der Waals surface area contributed by atoms with Crippen molar-refractivity contribution in [3.63, 3.8) is 0 Å². The topological polar surface area (TPSA) is 95.2 Å². The first-order chi connectivity index (χ1) is 9.31. The Morgan fingerprint density at radius 3 is 2.65 bits per heavy atom. The number of hydrogen-bond donors (Lipinski definition) is 1. The number of benzene rings is 1. The number of carbonyl (C=O) groups is 1. The normalized spacial score (nSPS) is 28.6. The van der Waals surface area contributed by atoms with Crippen molar-refractivity contribution >= 4 is 27.4 Å². The lowest BCUT2D eigenvalue weighted by Crippen LogP contribution is -2.23. The molecule has 0 saturated heterocycles. The standard InChI is InChI=1S/C13H12ClNO4S/c1-2-20(18,19)11-10(13(11,7-15)12(16)17)8-4-3-5-9(14)6-8/h3-6,10-11H,2H2,1H3,(H,16,17)/t10-,11+,13+/m0/s1. The number of halogens is 1. The Morgan fingerprint density at radius 1 is 1.55 bits per heavy atom. The van der Waals surface area contributed by atoms with Crippen molar-refractivity contribution < 1.29 is 18.3 Å². The quantitative estimate of drug-likeness (QED) is 0.915. The number of sulfone groups is 1. The summed E-state index contributed by atoms with van der Waals surface area (Å²) in [5, 5.41) is 17.7. The molecule has 0 amide bonds. The highest BCUT2D eigenvalue weighted by molar-refractivity contribution is 7.92. The minimum atomic E-state index is -3.65.